The van der Waals surface area contributed by atoms with Crippen LogP contribution in [0.5, 0.6) is 0 Å². The maximum Gasteiger partial charge on any atom is 0.153 e. The molecule has 74 valence electrons. The third kappa shape index (κ3) is 2.39. The van der Waals surface area contributed by atoms with Crippen LogP contribution in [-0.2, 0) is 4.79 Å². The van der Waals surface area contributed by atoms with Crippen molar-refractivity contribution in [2.24, 2.45) is 0 Å². The van der Waals surface area contributed by atoms with E-state index in [1.165, 1.54) is 0 Å². The summed E-state index contributed by atoms with van der Waals surface area (Å²) in [6.45, 7) is 1.90. The number of rotatable bonds is 3. The molecule has 0 atom stereocenters. The van der Waals surface area contributed by atoms with Crippen molar-refractivity contribution in [3.63, 3.8) is 0 Å². The highest BCUT2D eigenvalue weighted by atomic mass is 16.1. The summed E-state index contributed by atoms with van der Waals surface area (Å²) in [6.07, 6.45) is 4.12. The fraction of sp³-hybridized carbons (Fsp3) is 0.300. The van der Waals surface area contributed by atoms with Crippen molar-refractivity contribution in [1.29, 1.82) is 0 Å². The lowest BCUT2D eigenvalue weighted by molar-refractivity contribution is -0.103. The van der Waals surface area contributed by atoms with Crippen molar-refractivity contribution < 1.29 is 4.79 Å². The monoisotopic (exact) mass is 191 g/mol. The van der Waals surface area contributed by atoms with E-state index in [0.717, 1.165) is 11.8 Å². The van der Waals surface area contributed by atoms with Gasteiger partial charge in [-0.15, -0.1) is 0 Å². The first kappa shape index (κ1) is 10.4. The molecule has 4 nitrogen and oxygen atoms in total. The molecule has 1 aromatic heterocycles. The summed E-state index contributed by atoms with van der Waals surface area (Å²) in [5, 5.41) is 7.68. The quantitative estimate of drug-likeness (QED) is 0.525. The molecule has 0 aliphatic heterocycles. The molecule has 0 fully saturated rings. The molecule has 0 aromatic carbocycles. The first-order chi connectivity index (χ1) is 6.65. The van der Waals surface area contributed by atoms with Gasteiger partial charge in [0.1, 0.15) is 5.69 Å². The van der Waals surface area contributed by atoms with E-state index in [-0.39, 0.29) is 0 Å². The zero-order valence-electron chi connectivity index (χ0n) is 8.56. The van der Waals surface area contributed by atoms with Crippen molar-refractivity contribution in [2.45, 2.75) is 6.92 Å². The fourth-order valence-corrected chi connectivity index (χ4v) is 1.10. The Bertz CT molecular complexity index is 358. The van der Waals surface area contributed by atoms with E-state index in [4.69, 9.17) is 0 Å². The predicted octanol–water partition coefficient (Wildman–Crippen LogP) is 0.886. The molecule has 14 heavy (non-hydrogen) atoms. The van der Waals surface area contributed by atoms with E-state index >= 15 is 0 Å². The van der Waals surface area contributed by atoms with Crippen molar-refractivity contribution in [1.82, 2.24) is 15.1 Å². The van der Waals surface area contributed by atoms with E-state index in [2.05, 4.69) is 10.2 Å². The second-order valence-electron chi connectivity index (χ2n) is 3.23. The standard InChI is InChI=1S/C10H13N3O/c1-8-4-5-11-12-10(8)9(7-14)6-13(2)3/h4-7H,1-3H3. The summed E-state index contributed by atoms with van der Waals surface area (Å²) in [6, 6.07) is 1.83. The van der Waals surface area contributed by atoms with Gasteiger partial charge in [0, 0.05) is 26.5 Å². The highest BCUT2D eigenvalue weighted by Crippen LogP contribution is 2.12. The molecular weight excluding hydrogens is 178 g/mol. The average molecular weight is 191 g/mol. The Labute approximate surface area is 83.3 Å². The summed E-state index contributed by atoms with van der Waals surface area (Å²) >= 11 is 0. The predicted molar refractivity (Wildman–Crippen MR) is 54.5 cm³/mol. The Balaban J connectivity index is 3.13. The highest BCUT2D eigenvalue weighted by Gasteiger charge is 2.05. The smallest absolute Gasteiger partial charge is 0.153 e. The van der Waals surface area contributed by atoms with Gasteiger partial charge in [-0.25, -0.2) is 0 Å². The number of hydrogen-bond donors (Lipinski definition) is 0. The number of aldehydes is 1. The van der Waals surface area contributed by atoms with Crippen LogP contribution in [0.2, 0.25) is 0 Å². The van der Waals surface area contributed by atoms with E-state index in [9.17, 15) is 4.79 Å². The Morgan fingerprint density at radius 1 is 1.50 bits per heavy atom. The van der Waals surface area contributed by atoms with E-state index in [0.29, 0.717) is 11.3 Å². The molecule has 0 saturated heterocycles. The summed E-state index contributed by atoms with van der Waals surface area (Å²) in [7, 11) is 3.71. The Morgan fingerprint density at radius 2 is 2.21 bits per heavy atom. The Kier molecular flexibility index (Phi) is 3.34. The molecular formula is C10H13N3O. The normalized spacial score (nSPS) is 11.2. The Hall–Kier alpha value is -1.71. The van der Waals surface area contributed by atoms with Crippen LogP contribution in [0, 0.1) is 6.92 Å². The topological polar surface area (TPSA) is 46.1 Å². The molecule has 0 bridgehead atoms. The zero-order chi connectivity index (χ0) is 10.6. The van der Waals surface area contributed by atoms with Crippen molar-refractivity contribution in [3.8, 4) is 0 Å². The van der Waals surface area contributed by atoms with E-state index in [1.54, 1.807) is 17.3 Å². The zero-order valence-corrected chi connectivity index (χ0v) is 8.56. The van der Waals surface area contributed by atoms with Gasteiger partial charge in [0.05, 0.1) is 5.57 Å². The second kappa shape index (κ2) is 4.50. The Morgan fingerprint density at radius 3 is 2.71 bits per heavy atom. The van der Waals surface area contributed by atoms with Gasteiger partial charge in [0.25, 0.3) is 0 Å². The van der Waals surface area contributed by atoms with Crippen molar-refractivity contribution in [3.05, 3.63) is 29.7 Å². The molecule has 0 N–H and O–H groups in total. The van der Waals surface area contributed by atoms with Crippen LogP contribution in [0.15, 0.2) is 18.5 Å². The first-order valence-corrected chi connectivity index (χ1v) is 4.27. The molecule has 4 heteroatoms. The molecule has 0 aliphatic carbocycles. The number of hydrogen-bond acceptors (Lipinski definition) is 4. The van der Waals surface area contributed by atoms with Gasteiger partial charge >= 0.3 is 0 Å². The van der Waals surface area contributed by atoms with E-state index < -0.39 is 0 Å². The maximum absolute atomic E-state index is 10.8. The van der Waals surface area contributed by atoms with Crippen molar-refractivity contribution in [2.75, 3.05) is 14.1 Å². The molecule has 1 heterocycles. The van der Waals surface area contributed by atoms with Gasteiger partial charge < -0.3 is 4.90 Å². The third-order valence-corrected chi connectivity index (χ3v) is 1.72. The van der Waals surface area contributed by atoms with Gasteiger partial charge in [-0.05, 0) is 18.6 Å². The summed E-state index contributed by atoms with van der Waals surface area (Å²) in [5.41, 5.74) is 2.12. The van der Waals surface area contributed by atoms with Gasteiger partial charge in [-0.1, -0.05) is 0 Å². The molecule has 1 aromatic rings. The van der Waals surface area contributed by atoms with Gasteiger partial charge in [-0.2, -0.15) is 10.2 Å². The lowest BCUT2D eigenvalue weighted by atomic mass is 10.1. The average Bonchev–Trinajstić information content (AvgIpc) is 2.15. The van der Waals surface area contributed by atoms with Crippen LogP contribution < -0.4 is 0 Å². The summed E-state index contributed by atoms with van der Waals surface area (Å²) < 4.78 is 0. The summed E-state index contributed by atoms with van der Waals surface area (Å²) in [5.74, 6) is 0. The number of carbonyl (C=O) groups excluding carboxylic acids is 1. The largest absolute Gasteiger partial charge is 0.383 e. The minimum Gasteiger partial charge on any atom is -0.383 e. The number of carbonyl (C=O) groups is 1. The maximum atomic E-state index is 10.8. The molecule has 0 amide bonds. The third-order valence-electron chi connectivity index (χ3n) is 1.72. The van der Waals surface area contributed by atoms with Crippen LogP contribution >= 0.6 is 0 Å². The van der Waals surface area contributed by atoms with Crippen LogP contribution in [0.4, 0.5) is 0 Å². The van der Waals surface area contributed by atoms with Gasteiger partial charge in [-0.3, -0.25) is 4.79 Å². The minimum atomic E-state index is 0.542. The molecule has 1 rings (SSSR count). The number of aromatic nitrogens is 2. The molecule has 0 unspecified atom stereocenters. The van der Waals surface area contributed by atoms with Crippen LogP contribution in [0.3, 0.4) is 0 Å². The highest BCUT2D eigenvalue weighted by molar-refractivity contribution is 6.06. The van der Waals surface area contributed by atoms with Gasteiger partial charge in [0.15, 0.2) is 6.29 Å². The molecule has 0 saturated carbocycles. The molecule has 0 radical (unpaired) electrons. The first-order valence-electron chi connectivity index (χ1n) is 4.27. The fourth-order valence-electron chi connectivity index (χ4n) is 1.10. The SMILES string of the molecule is Cc1ccnnc1C(C=O)=CN(C)C. The second-order valence-corrected chi connectivity index (χ2v) is 3.23. The number of aryl methyl sites for hydroxylation is 1. The lowest BCUT2D eigenvalue weighted by Gasteiger charge is -2.07. The summed E-state index contributed by atoms with van der Waals surface area (Å²) in [4.78, 5) is 12.6. The van der Waals surface area contributed by atoms with Gasteiger partial charge in [0.2, 0.25) is 0 Å². The molecule has 0 spiro atoms. The number of allylic oxidation sites excluding steroid dienone is 1. The van der Waals surface area contributed by atoms with Crippen LogP contribution in [-0.4, -0.2) is 35.5 Å². The minimum absolute atomic E-state index is 0.542. The number of nitrogens with zero attached hydrogens (tertiary/aromatic N) is 3. The lowest BCUT2D eigenvalue weighted by Crippen LogP contribution is -2.05. The van der Waals surface area contributed by atoms with Crippen molar-refractivity contribution >= 4 is 11.9 Å². The molecule has 0 aliphatic rings. The van der Waals surface area contributed by atoms with Crippen LogP contribution in [0.25, 0.3) is 5.57 Å². The van der Waals surface area contributed by atoms with E-state index in [1.807, 2.05) is 27.1 Å². The van der Waals surface area contributed by atoms with Crippen LogP contribution in [0.1, 0.15) is 11.3 Å².